The molecule has 28 heavy (non-hydrogen) atoms. The van der Waals surface area contributed by atoms with E-state index in [0.29, 0.717) is 17.5 Å². The van der Waals surface area contributed by atoms with E-state index in [1.54, 1.807) is 18.2 Å². The lowest BCUT2D eigenvalue weighted by molar-refractivity contribution is -0.0614. The van der Waals surface area contributed by atoms with Crippen LogP contribution < -0.4 is 0 Å². The number of benzene rings is 2. The maximum absolute atomic E-state index is 13.7. The smallest absolute Gasteiger partial charge is 0.138 e. The fourth-order valence-electron chi connectivity index (χ4n) is 4.60. The van der Waals surface area contributed by atoms with E-state index >= 15 is 0 Å². The van der Waals surface area contributed by atoms with Crippen LogP contribution >= 0.6 is 0 Å². The molecule has 0 amide bonds. The zero-order valence-corrected chi connectivity index (χ0v) is 16.3. The Morgan fingerprint density at radius 2 is 1.79 bits per heavy atom. The summed E-state index contributed by atoms with van der Waals surface area (Å²) in [6.45, 7) is 3.45. The summed E-state index contributed by atoms with van der Waals surface area (Å²) in [6.07, 6.45) is 2.41. The first-order chi connectivity index (χ1) is 13.7. The molecule has 0 bridgehead atoms. The molecule has 2 saturated heterocycles. The molecule has 4 heteroatoms. The second-order valence-electron chi connectivity index (χ2n) is 7.90. The first-order valence-corrected chi connectivity index (χ1v) is 10.1. The number of rotatable bonds is 2. The van der Waals surface area contributed by atoms with Gasteiger partial charge in [-0.2, -0.15) is 0 Å². The van der Waals surface area contributed by atoms with Gasteiger partial charge < -0.3 is 10.0 Å². The summed E-state index contributed by atoms with van der Waals surface area (Å²) in [6, 6.07) is 15.5. The molecule has 2 aromatic carbocycles. The number of hydrogen-bond acceptors (Lipinski definition) is 3. The van der Waals surface area contributed by atoms with Gasteiger partial charge in [-0.15, -0.1) is 0 Å². The van der Waals surface area contributed by atoms with E-state index in [2.05, 4.69) is 40.8 Å². The van der Waals surface area contributed by atoms with Gasteiger partial charge in [0, 0.05) is 30.1 Å². The lowest BCUT2D eigenvalue weighted by atomic mass is 9.74. The molecule has 2 fully saturated rings. The summed E-state index contributed by atoms with van der Waals surface area (Å²) in [5.74, 6) is 6.02. The van der Waals surface area contributed by atoms with Crippen LogP contribution in [0.4, 0.5) is 4.39 Å². The van der Waals surface area contributed by atoms with Crippen LogP contribution in [0.2, 0.25) is 0 Å². The number of hydrogen-bond donors (Lipinski definition) is 1. The maximum Gasteiger partial charge on any atom is 0.138 e. The highest BCUT2D eigenvalue weighted by Gasteiger charge is 2.48. The van der Waals surface area contributed by atoms with Gasteiger partial charge in [0.25, 0.3) is 0 Å². The molecule has 0 aliphatic carbocycles. The monoisotopic (exact) mass is 378 g/mol. The number of aliphatic hydroxyl groups excluding tert-OH is 1. The van der Waals surface area contributed by atoms with Gasteiger partial charge in [-0.3, -0.25) is 4.90 Å². The van der Waals surface area contributed by atoms with Crippen LogP contribution in [0.1, 0.15) is 35.4 Å². The van der Waals surface area contributed by atoms with Crippen molar-refractivity contribution in [2.45, 2.75) is 30.8 Å². The molecule has 3 nitrogen and oxygen atoms in total. The largest absolute Gasteiger partial charge is 0.395 e. The van der Waals surface area contributed by atoms with Crippen molar-refractivity contribution in [1.29, 1.82) is 0 Å². The Kier molecular flexibility index (Phi) is 5.77. The van der Waals surface area contributed by atoms with Gasteiger partial charge in [-0.05, 0) is 62.8 Å². The molecular formula is C24H27FN2O. The topological polar surface area (TPSA) is 26.7 Å². The highest BCUT2D eigenvalue weighted by Crippen LogP contribution is 2.41. The standard InChI is InChI=1S/C24H27FN2O/c1-26-14-4-5-15-27-22(16-26)24(23(27)17-28)20-12-9-18(10-13-20)8-11-19-6-2-3-7-21(19)25/h2-3,6-7,9-10,12-13,22-24,28H,4-5,14-17H2,1H3/t22-,23-,24-/m0/s1. The van der Waals surface area contributed by atoms with Gasteiger partial charge in [-0.25, -0.2) is 4.39 Å². The van der Waals surface area contributed by atoms with Crippen molar-refractivity contribution in [1.82, 2.24) is 9.80 Å². The first kappa shape index (κ1) is 19.1. The van der Waals surface area contributed by atoms with Crippen molar-refractivity contribution in [3.63, 3.8) is 0 Å². The third kappa shape index (κ3) is 3.84. The van der Waals surface area contributed by atoms with Gasteiger partial charge >= 0.3 is 0 Å². The molecule has 1 N–H and O–H groups in total. The molecule has 2 aromatic rings. The van der Waals surface area contributed by atoms with Crippen LogP contribution in [0.3, 0.4) is 0 Å². The minimum atomic E-state index is -0.291. The Labute approximate surface area is 166 Å². The number of nitrogens with zero attached hydrogens (tertiary/aromatic N) is 2. The molecule has 2 aliphatic heterocycles. The summed E-state index contributed by atoms with van der Waals surface area (Å²) in [4.78, 5) is 4.89. The summed E-state index contributed by atoms with van der Waals surface area (Å²) < 4.78 is 13.7. The summed E-state index contributed by atoms with van der Waals surface area (Å²) in [5, 5.41) is 9.96. The van der Waals surface area contributed by atoms with E-state index in [0.717, 1.165) is 25.2 Å². The van der Waals surface area contributed by atoms with Crippen molar-refractivity contribution in [3.8, 4) is 11.8 Å². The summed E-state index contributed by atoms with van der Waals surface area (Å²) >= 11 is 0. The predicted octanol–water partition coefficient (Wildman–Crippen LogP) is 3.08. The zero-order valence-electron chi connectivity index (χ0n) is 16.3. The zero-order chi connectivity index (χ0) is 19.5. The van der Waals surface area contributed by atoms with Crippen LogP contribution in [0.15, 0.2) is 48.5 Å². The predicted molar refractivity (Wildman–Crippen MR) is 110 cm³/mol. The lowest BCUT2D eigenvalue weighted by Crippen LogP contribution is -2.67. The third-order valence-corrected chi connectivity index (χ3v) is 6.08. The SMILES string of the molecule is CN1CCCCN2[C@@H](CO)[C@@H](c3ccc(C#Cc4ccccc4F)cc3)[C@@H]2C1. The average molecular weight is 378 g/mol. The molecule has 2 aliphatic rings. The Hall–Kier alpha value is -2.19. The van der Waals surface area contributed by atoms with Crippen LogP contribution in [0, 0.1) is 17.7 Å². The van der Waals surface area contributed by atoms with Crippen molar-refractivity contribution >= 4 is 0 Å². The number of halogens is 1. The molecule has 0 radical (unpaired) electrons. The lowest BCUT2D eigenvalue weighted by Gasteiger charge is -2.57. The van der Waals surface area contributed by atoms with Gasteiger partial charge in [0.1, 0.15) is 5.82 Å². The molecule has 0 saturated carbocycles. The van der Waals surface area contributed by atoms with E-state index in [-0.39, 0.29) is 18.5 Å². The summed E-state index contributed by atoms with van der Waals surface area (Å²) in [5.41, 5.74) is 2.54. The van der Waals surface area contributed by atoms with Crippen molar-refractivity contribution in [2.24, 2.45) is 0 Å². The van der Waals surface area contributed by atoms with Crippen LogP contribution in [0.5, 0.6) is 0 Å². The fourth-order valence-corrected chi connectivity index (χ4v) is 4.60. The highest BCUT2D eigenvalue weighted by molar-refractivity contribution is 5.44. The van der Waals surface area contributed by atoms with E-state index in [9.17, 15) is 9.50 Å². The second kappa shape index (κ2) is 8.45. The quantitative estimate of drug-likeness (QED) is 0.814. The molecule has 0 unspecified atom stereocenters. The van der Waals surface area contributed by atoms with E-state index in [1.165, 1.54) is 24.5 Å². The molecule has 2 heterocycles. The van der Waals surface area contributed by atoms with Gasteiger partial charge in [-0.1, -0.05) is 36.1 Å². The third-order valence-electron chi connectivity index (χ3n) is 6.08. The van der Waals surface area contributed by atoms with E-state index < -0.39 is 0 Å². The van der Waals surface area contributed by atoms with E-state index in [4.69, 9.17) is 0 Å². The molecule has 146 valence electrons. The van der Waals surface area contributed by atoms with Crippen LogP contribution in [-0.4, -0.2) is 60.3 Å². The van der Waals surface area contributed by atoms with Crippen molar-refractivity contribution in [3.05, 3.63) is 71.0 Å². The second-order valence-corrected chi connectivity index (χ2v) is 7.90. The van der Waals surface area contributed by atoms with Crippen LogP contribution in [0.25, 0.3) is 0 Å². The fraction of sp³-hybridized carbons (Fsp3) is 0.417. The molecule has 0 aromatic heterocycles. The minimum absolute atomic E-state index is 0.194. The Morgan fingerprint density at radius 1 is 1.04 bits per heavy atom. The van der Waals surface area contributed by atoms with Gasteiger partial charge in [0.2, 0.25) is 0 Å². The van der Waals surface area contributed by atoms with Crippen LogP contribution in [-0.2, 0) is 0 Å². The molecular weight excluding hydrogens is 351 g/mol. The number of likely N-dealkylation sites (N-methyl/N-ethyl adjacent to an activating group) is 1. The summed E-state index contributed by atoms with van der Waals surface area (Å²) in [7, 11) is 2.19. The number of aliphatic hydroxyl groups is 1. The minimum Gasteiger partial charge on any atom is -0.395 e. The Morgan fingerprint density at radius 3 is 2.54 bits per heavy atom. The molecule has 4 rings (SSSR count). The molecule has 0 spiro atoms. The van der Waals surface area contributed by atoms with E-state index in [1.807, 2.05) is 12.1 Å². The normalized spacial score (nSPS) is 25.6. The van der Waals surface area contributed by atoms with Crippen molar-refractivity contribution < 1.29 is 9.50 Å². The Bertz CT molecular complexity index is 870. The highest BCUT2D eigenvalue weighted by atomic mass is 19.1. The first-order valence-electron chi connectivity index (χ1n) is 10.1. The Balaban J connectivity index is 1.52. The van der Waals surface area contributed by atoms with Gasteiger partial charge in [0.15, 0.2) is 0 Å². The van der Waals surface area contributed by atoms with Crippen molar-refractivity contribution in [2.75, 3.05) is 33.3 Å². The average Bonchev–Trinajstić information content (AvgIpc) is 2.69. The molecule has 3 atom stereocenters. The number of fused-ring (bicyclic) bond motifs is 1. The van der Waals surface area contributed by atoms with Gasteiger partial charge in [0.05, 0.1) is 12.2 Å². The maximum atomic E-state index is 13.7.